The Balaban J connectivity index is 2.24. The largest absolute Gasteiger partial charge is 0.465 e. The number of aliphatic hydroxyl groups is 1. The number of nitrogens with zero attached hydrogens (tertiary/aromatic N) is 3. The number of ether oxygens (including phenoxy) is 1. The maximum atomic E-state index is 11.6. The van der Waals surface area contributed by atoms with Crippen LogP contribution in [0.1, 0.15) is 6.92 Å². The molecule has 0 bridgehead atoms. The van der Waals surface area contributed by atoms with Crippen LogP contribution in [0.25, 0.3) is 11.2 Å². The van der Waals surface area contributed by atoms with Gasteiger partial charge in [0.15, 0.2) is 11.2 Å². The monoisotopic (exact) mass is 281 g/mol. The van der Waals surface area contributed by atoms with Gasteiger partial charge < -0.3 is 20.1 Å². The van der Waals surface area contributed by atoms with Crippen LogP contribution in [-0.4, -0.2) is 43.8 Å². The number of hydrogen-bond donors (Lipinski definition) is 3. The molecule has 20 heavy (non-hydrogen) atoms. The maximum absolute atomic E-state index is 11.6. The van der Waals surface area contributed by atoms with Gasteiger partial charge in [-0.25, -0.2) is 4.98 Å². The van der Waals surface area contributed by atoms with Gasteiger partial charge in [-0.15, -0.1) is 0 Å². The number of rotatable bonds is 5. The summed E-state index contributed by atoms with van der Waals surface area (Å²) in [5, 5.41) is 9.28. The minimum atomic E-state index is -0.424. The SMILES string of the molecule is CC(=O)OCC(CO)Cn1cnc2c(=O)[nH]c(N)nc21. The standard InChI is InChI=1S/C11H15N5O4/c1-6(18)20-4-7(3-17)2-16-5-13-8-9(16)14-11(12)15-10(8)19/h5,7,17H,2-4H2,1H3,(H3,12,14,15,19). The Morgan fingerprint density at radius 2 is 2.40 bits per heavy atom. The molecule has 0 aliphatic rings. The summed E-state index contributed by atoms with van der Waals surface area (Å²) in [4.78, 5) is 32.7. The summed E-state index contributed by atoms with van der Waals surface area (Å²) in [7, 11) is 0. The van der Waals surface area contributed by atoms with Crippen LogP contribution in [0.2, 0.25) is 0 Å². The lowest BCUT2D eigenvalue weighted by Gasteiger charge is -2.14. The molecule has 0 aromatic carbocycles. The molecule has 0 saturated heterocycles. The number of H-pyrrole nitrogens is 1. The number of aromatic amines is 1. The fourth-order valence-corrected chi connectivity index (χ4v) is 1.78. The van der Waals surface area contributed by atoms with Crippen molar-refractivity contribution in [1.29, 1.82) is 0 Å². The number of nitrogen functional groups attached to an aromatic ring is 1. The molecule has 0 radical (unpaired) electrons. The predicted octanol–water partition coefficient (Wildman–Crippen LogP) is -1.13. The van der Waals surface area contributed by atoms with Crippen molar-refractivity contribution in [2.45, 2.75) is 13.5 Å². The molecule has 9 nitrogen and oxygen atoms in total. The fraction of sp³-hybridized carbons (Fsp3) is 0.455. The van der Waals surface area contributed by atoms with Crippen molar-refractivity contribution in [2.24, 2.45) is 5.92 Å². The molecule has 2 heterocycles. The molecule has 108 valence electrons. The molecular formula is C11H15N5O4. The van der Waals surface area contributed by atoms with Gasteiger partial charge in [0.25, 0.3) is 5.56 Å². The lowest BCUT2D eigenvalue weighted by atomic mass is 10.2. The molecule has 1 atom stereocenters. The van der Waals surface area contributed by atoms with Crippen LogP contribution in [0, 0.1) is 5.92 Å². The summed E-state index contributed by atoms with van der Waals surface area (Å²) < 4.78 is 6.45. The van der Waals surface area contributed by atoms with E-state index in [9.17, 15) is 14.7 Å². The highest BCUT2D eigenvalue weighted by molar-refractivity contribution is 5.70. The number of esters is 1. The second-order valence-corrected chi connectivity index (χ2v) is 4.37. The van der Waals surface area contributed by atoms with E-state index in [4.69, 9.17) is 10.5 Å². The Bertz CT molecular complexity index is 677. The van der Waals surface area contributed by atoms with Gasteiger partial charge in [0, 0.05) is 19.4 Å². The van der Waals surface area contributed by atoms with E-state index < -0.39 is 11.5 Å². The van der Waals surface area contributed by atoms with Crippen molar-refractivity contribution in [3.05, 3.63) is 16.7 Å². The number of nitrogens with two attached hydrogens (primary N) is 1. The highest BCUT2D eigenvalue weighted by Gasteiger charge is 2.15. The smallest absolute Gasteiger partial charge is 0.302 e. The van der Waals surface area contributed by atoms with Gasteiger partial charge in [0.1, 0.15) is 0 Å². The van der Waals surface area contributed by atoms with Gasteiger partial charge in [0.05, 0.1) is 19.5 Å². The first-order chi connectivity index (χ1) is 9.51. The molecule has 4 N–H and O–H groups in total. The third-order valence-corrected chi connectivity index (χ3v) is 2.73. The van der Waals surface area contributed by atoms with E-state index in [0.29, 0.717) is 12.2 Å². The van der Waals surface area contributed by atoms with Crippen LogP contribution < -0.4 is 11.3 Å². The highest BCUT2D eigenvalue weighted by atomic mass is 16.5. The average molecular weight is 281 g/mol. The number of carbonyl (C=O) groups excluding carboxylic acids is 1. The zero-order chi connectivity index (χ0) is 14.7. The van der Waals surface area contributed by atoms with Crippen molar-refractivity contribution >= 4 is 23.1 Å². The minimum Gasteiger partial charge on any atom is -0.465 e. The van der Waals surface area contributed by atoms with Crippen molar-refractivity contribution in [3.63, 3.8) is 0 Å². The first kappa shape index (κ1) is 14.0. The number of hydrogen-bond acceptors (Lipinski definition) is 7. The molecule has 2 rings (SSSR count). The van der Waals surface area contributed by atoms with Gasteiger partial charge in [-0.1, -0.05) is 0 Å². The lowest BCUT2D eigenvalue weighted by molar-refractivity contribution is -0.142. The quantitative estimate of drug-likeness (QED) is 0.590. The Morgan fingerprint density at radius 3 is 3.05 bits per heavy atom. The van der Waals surface area contributed by atoms with Crippen LogP contribution in [-0.2, 0) is 16.1 Å². The summed E-state index contributed by atoms with van der Waals surface area (Å²) in [6, 6.07) is 0. The van der Waals surface area contributed by atoms with E-state index in [1.54, 1.807) is 4.57 Å². The molecule has 1 unspecified atom stereocenters. The molecule has 2 aromatic heterocycles. The van der Waals surface area contributed by atoms with E-state index in [2.05, 4.69) is 15.0 Å². The van der Waals surface area contributed by atoms with Crippen molar-refractivity contribution in [1.82, 2.24) is 19.5 Å². The second kappa shape index (κ2) is 5.70. The molecule has 0 aliphatic heterocycles. The Kier molecular flexibility index (Phi) is 3.99. The summed E-state index contributed by atoms with van der Waals surface area (Å²) in [5.74, 6) is -0.749. The number of carbonyl (C=O) groups is 1. The summed E-state index contributed by atoms with van der Waals surface area (Å²) >= 11 is 0. The van der Waals surface area contributed by atoms with Crippen LogP contribution in [0.15, 0.2) is 11.1 Å². The van der Waals surface area contributed by atoms with Crippen LogP contribution >= 0.6 is 0 Å². The second-order valence-electron chi connectivity index (χ2n) is 4.37. The van der Waals surface area contributed by atoms with E-state index in [1.807, 2.05) is 0 Å². The normalized spacial score (nSPS) is 12.5. The Labute approximate surface area is 113 Å². The molecule has 0 amide bonds. The van der Waals surface area contributed by atoms with Crippen LogP contribution in [0.4, 0.5) is 5.95 Å². The third kappa shape index (κ3) is 2.94. The van der Waals surface area contributed by atoms with Crippen LogP contribution in [0.5, 0.6) is 0 Å². The van der Waals surface area contributed by atoms with E-state index >= 15 is 0 Å². The number of nitrogens with one attached hydrogen (secondary N) is 1. The third-order valence-electron chi connectivity index (χ3n) is 2.73. The number of imidazole rings is 1. The zero-order valence-electron chi connectivity index (χ0n) is 10.9. The van der Waals surface area contributed by atoms with E-state index in [1.165, 1.54) is 13.3 Å². The summed E-state index contributed by atoms with van der Waals surface area (Å²) in [5.41, 5.74) is 5.56. The van der Waals surface area contributed by atoms with Gasteiger partial charge in [-0.2, -0.15) is 4.98 Å². The predicted molar refractivity (Wildman–Crippen MR) is 69.8 cm³/mol. The van der Waals surface area contributed by atoms with Crippen LogP contribution in [0.3, 0.4) is 0 Å². The Morgan fingerprint density at radius 1 is 1.65 bits per heavy atom. The number of anilines is 1. The summed E-state index contributed by atoms with van der Waals surface area (Å²) in [6.45, 7) is 1.49. The van der Waals surface area contributed by atoms with E-state index in [-0.39, 0.29) is 30.6 Å². The molecule has 0 fully saturated rings. The number of aliphatic hydroxyl groups excluding tert-OH is 1. The van der Waals surface area contributed by atoms with Crippen molar-refractivity contribution in [3.8, 4) is 0 Å². The lowest BCUT2D eigenvalue weighted by Crippen LogP contribution is -2.22. The summed E-state index contributed by atoms with van der Waals surface area (Å²) in [6.07, 6.45) is 1.43. The van der Waals surface area contributed by atoms with Gasteiger partial charge in [-0.3, -0.25) is 14.6 Å². The molecule has 2 aromatic rings. The molecule has 0 spiro atoms. The number of fused-ring (bicyclic) bond motifs is 1. The zero-order valence-corrected chi connectivity index (χ0v) is 10.9. The number of aromatic nitrogens is 4. The average Bonchev–Trinajstić information content (AvgIpc) is 2.77. The maximum Gasteiger partial charge on any atom is 0.302 e. The Hall–Kier alpha value is -2.42. The molecule has 0 aliphatic carbocycles. The molecular weight excluding hydrogens is 266 g/mol. The van der Waals surface area contributed by atoms with Crippen molar-refractivity contribution in [2.75, 3.05) is 18.9 Å². The van der Waals surface area contributed by atoms with Gasteiger partial charge in [-0.05, 0) is 0 Å². The highest BCUT2D eigenvalue weighted by Crippen LogP contribution is 2.10. The van der Waals surface area contributed by atoms with Crippen molar-refractivity contribution < 1.29 is 14.6 Å². The van der Waals surface area contributed by atoms with E-state index in [0.717, 1.165) is 0 Å². The fourth-order valence-electron chi connectivity index (χ4n) is 1.78. The van der Waals surface area contributed by atoms with Gasteiger partial charge in [0.2, 0.25) is 5.95 Å². The topological polar surface area (TPSA) is 136 Å². The molecule has 0 saturated carbocycles. The minimum absolute atomic E-state index is 0.00946. The van der Waals surface area contributed by atoms with Gasteiger partial charge >= 0.3 is 5.97 Å². The first-order valence-corrected chi connectivity index (χ1v) is 5.96. The first-order valence-electron chi connectivity index (χ1n) is 5.96. The molecule has 9 heteroatoms.